The Morgan fingerprint density at radius 3 is 2.51 bits per heavy atom. The number of nitrogens with zero attached hydrogens (tertiary/aromatic N) is 5. The van der Waals surface area contributed by atoms with Crippen molar-refractivity contribution in [2.45, 2.75) is 70.2 Å². The van der Waals surface area contributed by atoms with E-state index in [0.29, 0.717) is 35.5 Å². The summed E-state index contributed by atoms with van der Waals surface area (Å²) < 4.78 is 43.3. The van der Waals surface area contributed by atoms with E-state index in [9.17, 15) is 9.18 Å². The zero-order chi connectivity index (χ0) is 31.5. The first kappa shape index (κ1) is 30.0. The number of hydrogen-bond acceptors (Lipinski definition) is 10. The number of aromatic nitrogens is 3. The highest BCUT2D eigenvalue weighted by atomic mass is 32.1. The van der Waals surface area contributed by atoms with Gasteiger partial charge >= 0.3 is 12.1 Å². The van der Waals surface area contributed by atoms with E-state index in [-0.39, 0.29) is 38.5 Å². The van der Waals surface area contributed by atoms with Crippen molar-refractivity contribution in [1.82, 2.24) is 25.2 Å². The Bertz CT molecular complexity index is 1770. The number of fused-ring (bicyclic) bond motifs is 4. The molecule has 2 aromatic heterocycles. The number of likely N-dealkylation sites (tertiary alicyclic amines) is 1. The van der Waals surface area contributed by atoms with Gasteiger partial charge in [0.05, 0.1) is 10.2 Å². The minimum atomic E-state index is -0.716. The second-order valence-electron chi connectivity index (χ2n) is 13.2. The van der Waals surface area contributed by atoms with Crippen LogP contribution < -0.4 is 20.3 Å². The number of thiazole rings is 1. The largest absolute Gasteiger partial charge is 0.462 e. The number of halogens is 2. The fourth-order valence-electron chi connectivity index (χ4n) is 6.61. The number of carbonyl (C=O) groups excluding carboxylic acids is 1. The number of amides is 1. The normalized spacial score (nSPS) is 22.0. The van der Waals surface area contributed by atoms with Crippen molar-refractivity contribution < 1.29 is 23.0 Å². The molecule has 3 aliphatic heterocycles. The van der Waals surface area contributed by atoms with Gasteiger partial charge in [0.25, 0.3) is 0 Å². The third kappa shape index (κ3) is 6.00. The molecule has 0 aliphatic carbocycles. The fourth-order valence-corrected chi connectivity index (χ4v) is 7.49. The third-order valence-electron chi connectivity index (χ3n) is 8.75. The summed E-state index contributed by atoms with van der Waals surface area (Å²) in [5, 5.41) is 6.96. The molecule has 4 aromatic rings. The van der Waals surface area contributed by atoms with Gasteiger partial charge < -0.3 is 24.6 Å². The van der Waals surface area contributed by atoms with Crippen LogP contribution in [0.15, 0.2) is 24.3 Å². The van der Waals surface area contributed by atoms with Gasteiger partial charge in [0.15, 0.2) is 10.9 Å². The van der Waals surface area contributed by atoms with E-state index in [4.69, 9.17) is 14.5 Å². The van der Waals surface area contributed by atoms with Crippen LogP contribution >= 0.6 is 11.3 Å². The minimum absolute atomic E-state index is 0.137. The molecule has 7 rings (SSSR count). The van der Waals surface area contributed by atoms with E-state index in [0.717, 1.165) is 56.7 Å². The number of hydrogen-bond donors (Lipinski definition) is 2. The van der Waals surface area contributed by atoms with Crippen LogP contribution in [-0.4, -0.2) is 83.0 Å². The van der Waals surface area contributed by atoms with Crippen molar-refractivity contribution in [3.8, 4) is 17.1 Å². The summed E-state index contributed by atoms with van der Waals surface area (Å²) in [4.78, 5) is 30.8. The van der Waals surface area contributed by atoms with Crippen molar-refractivity contribution >= 4 is 49.5 Å². The molecule has 3 fully saturated rings. The highest BCUT2D eigenvalue weighted by molar-refractivity contribution is 7.22. The van der Waals surface area contributed by atoms with Gasteiger partial charge in [0.1, 0.15) is 29.4 Å². The zero-order valence-corrected chi connectivity index (χ0v) is 26.6. The maximum absolute atomic E-state index is 16.7. The molecule has 0 spiro atoms. The molecule has 13 heteroatoms. The topological polar surface area (TPSA) is 105 Å². The smallest absolute Gasteiger partial charge is 0.413 e. The van der Waals surface area contributed by atoms with E-state index in [2.05, 4.69) is 37.4 Å². The van der Waals surface area contributed by atoms with E-state index in [1.54, 1.807) is 26.8 Å². The van der Waals surface area contributed by atoms with Crippen molar-refractivity contribution in [2.24, 2.45) is 0 Å². The van der Waals surface area contributed by atoms with Crippen molar-refractivity contribution in [2.75, 3.05) is 43.5 Å². The van der Waals surface area contributed by atoms with Crippen molar-refractivity contribution in [1.29, 1.82) is 0 Å². The predicted molar refractivity (Wildman–Crippen MR) is 171 cm³/mol. The molecule has 3 unspecified atom stereocenters. The Hall–Kier alpha value is -3.68. The minimum Gasteiger partial charge on any atom is -0.462 e. The molecule has 2 bridgehead atoms. The van der Waals surface area contributed by atoms with Crippen LogP contribution in [-0.2, 0) is 4.74 Å². The van der Waals surface area contributed by atoms with Gasteiger partial charge in [-0.2, -0.15) is 9.97 Å². The summed E-state index contributed by atoms with van der Waals surface area (Å²) in [5.41, 5.74) is 0.255. The van der Waals surface area contributed by atoms with Crippen LogP contribution in [0.5, 0.6) is 6.01 Å². The SMILES string of the molecule is CN1CCCC1COc1nc(N2CC3CCC(C2)N3)c2ccc(-c3ccc(F)c4sc(NC(=O)OC(C)(C)C)nc34)c(F)c2n1. The van der Waals surface area contributed by atoms with Gasteiger partial charge in [-0.3, -0.25) is 5.32 Å². The lowest BCUT2D eigenvalue weighted by atomic mass is 10.0. The molecule has 3 atom stereocenters. The Kier molecular flexibility index (Phi) is 7.73. The molecule has 0 radical (unpaired) electrons. The summed E-state index contributed by atoms with van der Waals surface area (Å²) in [6, 6.07) is 7.38. The molecule has 10 nitrogen and oxygen atoms in total. The number of piperazine rings is 1. The molecule has 238 valence electrons. The summed E-state index contributed by atoms with van der Waals surface area (Å²) in [6.07, 6.45) is 3.61. The molecular weight excluding hydrogens is 600 g/mol. The number of ether oxygens (including phenoxy) is 2. The Balaban J connectivity index is 1.29. The van der Waals surface area contributed by atoms with Gasteiger partial charge in [0, 0.05) is 47.7 Å². The van der Waals surface area contributed by atoms with Gasteiger partial charge in [0.2, 0.25) is 0 Å². The lowest BCUT2D eigenvalue weighted by Gasteiger charge is -2.34. The summed E-state index contributed by atoms with van der Waals surface area (Å²) in [6.45, 7) is 8.20. The van der Waals surface area contributed by atoms with Gasteiger partial charge in [-0.25, -0.2) is 18.6 Å². The Morgan fingerprint density at radius 2 is 1.80 bits per heavy atom. The predicted octanol–water partition coefficient (Wildman–Crippen LogP) is 5.95. The van der Waals surface area contributed by atoms with Crippen LogP contribution in [0.25, 0.3) is 32.2 Å². The van der Waals surface area contributed by atoms with Crippen molar-refractivity contribution in [3.63, 3.8) is 0 Å². The van der Waals surface area contributed by atoms with Crippen molar-refractivity contribution in [3.05, 3.63) is 35.9 Å². The lowest BCUT2D eigenvalue weighted by molar-refractivity contribution is 0.0636. The highest BCUT2D eigenvalue weighted by Crippen LogP contribution is 2.40. The van der Waals surface area contributed by atoms with Gasteiger partial charge in [-0.05, 0) is 78.2 Å². The Morgan fingerprint density at radius 1 is 1.04 bits per heavy atom. The van der Waals surface area contributed by atoms with E-state index >= 15 is 4.39 Å². The first-order valence-electron chi connectivity index (χ1n) is 15.5. The number of carbonyl (C=O) groups is 1. The van der Waals surface area contributed by atoms with Gasteiger partial charge in [-0.1, -0.05) is 17.4 Å². The molecule has 3 aliphatic rings. The number of anilines is 2. The first-order valence-corrected chi connectivity index (χ1v) is 16.3. The van der Waals surface area contributed by atoms with E-state index < -0.39 is 23.3 Å². The number of likely N-dealkylation sites (N-methyl/N-ethyl adjacent to an activating group) is 1. The standard InChI is InChI=1S/C32H37F2N7O3S/c1-32(2,3)44-31(42)39-30-37-26-21(11-12-23(33)27(26)45-30)20-9-10-22-25(24(20)34)36-29(43-16-19-6-5-13-40(19)4)38-28(22)41-14-17-7-8-18(15-41)35-17/h9-12,17-19,35H,5-8,13-16H2,1-4H3,(H,37,39,42). The highest BCUT2D eigenvalue weighted by Gasteiger charge is 2.34. The number of benzene rings is 2. The lowest BCUT2D eigenvalue weighted by Crippen LogP contribution is -2.51. The van der Waals surface area contributed by atoms with Crippen LogP contribution in [0.1, 0.15) is 46.5 Å². The third-order valence-corrected chi connectivity index (χ3v) is 9.73. The second-order valence-corrected chi connectivity index (χ2v) is 14.2. The summed E-state index contributed by atoms with van der Waals surface area (Å²) >= 11 is 0.963. The first-order chi connectivity index (χ1) is 21.5. The van der Waals surface area contributed by atoms with Crippen LogP contribution in [0.4, 0.5) is 24.5 Å². The maximum atomic E-state index is 16.7. The molecule has 2 N–H and O–H groups in total. The number of nitrogens with one attached hydrogen (secondary N) is 2. The molecule has 45 heavy (non-hydrogen) atoms. The monoisotopic (exact) mass is 637 g/mol. The van der Waals surface area contributed by atoms with Crippen LogP contribution in [0.3, 0.4) is 0 Å². The molecule has 3 saturated heterocycles. The zero-order valence-electron chi connectivity index (χ0n) is 25.8. The second kappa shape index (κ2) is 11.6. The summed E-state index contributed by atoms with van der Waals surface area (Å²) in [7, 11) is 2.08. The van der Waals surface area contributed by atoms with E-state index in [1.807, 2.05) is 6.07 Å². The average Bonchev–Trinajstić information content (AvgIpc) is 3.69. The summed E-state index contributed by atoms with van der Waals surface area (Å²) in [5.74, 6) is -0.435. The molecular formula is C32H37F2N7O3S. The molecule has 2 aromatic carbocycles. The maximum Gasteiger partial charge on any atom is 0.413 e. The van der Waals surface area contributed by atoms with Gasteiger partial charge in [-0.15, -0.1) is 0 Å². The van der Waals surface area contributed by atoms with Crippen LogP contribution in [0, 0.1) is 11.6 Å². The molecule has 5 heterocycles. The van der Waals surface area contributed by atoms with Crippen LogP contribution in [0.2, 0.25) is 0 Å². The fraction of sp³-hybridized carbons (Fsp3) is 0.500. The number of rotatable bonds is 6. The average molecular weight is 638 g/mol. The Labute approximate surface area is 264 Å². The van der Waals surface area contributed by atoms with E-state index in [1.165, 1.54) is 12.1 Å². The molecule has 1 amide bonds. The molecule has 0 saturated carbocycles. The quantitative estimate of drug-likeness (QED) is 0.266.